The van der Waals surface area contributed by atoms with Gasteiger partial charge in [0.1, 0.15) is 40.9 Å². The summed E-state index contributed by atoms with van der Waals surface area (Å²) in [6, 6.07) is 21.3. The first-order chi connectivity index (χ1) is 19.8. The molecule has 1 atom stereocenters. The van der Waals surface area contributed by atoms with E-state index in [1.165, 1.54) is 11.8 Å². The summed E-state index contributed by atoms with van der Waals surface area (Å²) >= 11 is 1.26. The SMILES string of the molecule is CCOC(=O)C1=C(CSc2nc(C)c(C)c(C)c2C#N)OC(N)=C(C#N)C1c1cccc(OCc2ccccc2)c1. The van der Waals surface area contributed by atoms with Crippen LogP contribution in [0.2, 0.25) is 0 Å². The number of rotatable bonds is 9. The van der Waals surface area contributed by atoms with Crippen LogP contribution in [-0.4, -0.2) is 23.3 Å². The molecule has 0 saturated carbocycles. The second kappa shape index (κ2) is 13.1. The van der Waals surface area contributed by atoms with E-state index in [1.807, 2.05) is 63.2 Å². The van der Waals surface area contributed by atoms with Crippen molar-refractivity contribution in [2.45, 2.75) is 45.2 Å². The van der Waals surface area contributed by atoms with Crippen LogP contribution >= 0.6 is 11.8 Å². The maximum Gasteiger partial charge on any atom is 0.338 e. The number of hydrogen-bond acceptors (Lipinski definition) is 9. The summed E-state index contributed by atoms with van der Waals surface area (Å²) in [6.45, 7) is 7.89. The average molecular weight is 567 g/mol. The van der Waals surface area contributed by atoms with Crippen LogP contribution in [0.4, 0.5) is 0 Å². The van der Waals surface area contributed by atoms with Gasteiger partial charge in [0.25, 0.3) is 0 Å². The van der Waals surface area contributed by atoms with Crippen LogP contribution in [0.1, 0.15) is 46.4 Å². The Kier molecular flexibility index (Phi) is 9.34. The van der Waals surface area contributed by atoms with Crippen LogP contribution in [0.5, 0.6) is 5.75 Å². The van der Waals surface area contributed by atoms with Crippen molar-refractivity contribution >= 4 is 17.7 Å². The highest BCUT2D eigenvalue weighted by Crippen LogP contribution is 2.42. The molecule has 1 aliphatic heterocycles. The fourth-order valence-corrected chi connectivity index (χ4v) is 5.52. The van der Waals surface area contributed by atoms with E-state index < -0.39 is 11.9 Å². The quantitative estimate of drug-likeness (QED) is 0.249. The fraction of sp³-hybridized carbons (Fsp3) is 0.250. The van der Waals surface area contributed by atoms with Crippen molar-refractivity contribution in [3.8, 4) is 17.9 Å². The van der Waals surface area contributed by atoms with Gasteiger partial charge in [0, 0.05) is 5.69 Å². The first kappa shape index (κ1) is 29.3. The van der Waals surface area contributed by atoms with Crippen LogP contribution < -0.4 is 10.5 Å². The molecular formula is C32H30N4O4S. The number of pyridine rings is 1. The molecule has 9 heteroatoms. The zero-order valence-corrected chi connectivity index (χ0v) is 24.2. The molecule has 0 bridgehead atoms. The van der Waals surface area contributed by atoms with Gasteiger partial charge in [-0.3, -0.25) is 0 Å². The molecule has 0 radical (unpaired) electrons. The molecule has 0 aliphatic carbocycles. The Morgan fingerprint density at radius 3 is 2.51 bits per heavy atom. The number of esters is 1. The first-order valence-electron chi connectivity index (χ1n) is 13.0. The molecule has 41 heavy (non-hydrogen) atoms. The maximum atomic E-state index is 13.4. The van der Waals surface area contributed by atoms with Gasteiger partial charge < -0.3 is 19.9 Å². The lowest BCUT2D eigenvalue weighted by Crippen LogP contribution is -2.27. The van der Waals surface area contributed by atoms with E-state index in [9.17, 15) is 15.3 Å². The third kappa shape index (κ3) is 6.37. The molecule has 0 amide bonds. The number of thioether (sulfide) groups is 1. The molecule has 3 aromatic rings. The molecule has 0 saturated heterocycles. The number of hydrogen-bond donors (Lipinski definition) is 1. The summed E-state index contributed by atoms with van der Waals surface area (Å²) in [7, 11) is 0. The van der Waals surface area contributed by atoms with Crippen molar-refractivity contribution in [2.24, 2.45) is 5.73 Å². The van der Waals surface area contributed by atoms with Gasteiger partial charge in [-0.25, -0.2) is 9.78 Å². The number of nitrogens with two attached hydrogens (primary N) is 1. The van der Waals surface area contributed by atoms with Gasteiger partial charge in [-0.2, -0.15) is 10.5 Å². The summed E-state index contributed by atoms with van der Waals surface area (Å²) in [6.07, 6.45) is 0. The second-order valence-corrected chi connectivity index (χ2v) is 10.3. The largest absolute Gasteiger partial charge is 0.489 e. The van der Waals surface area contributed by atoms with Gasteiger partial charge in [0.15, 0.2) is 0 Å². The standard InChI is InChI=1S/C32H30N4O4S/c1-5-38-32(37)29-27(18-41-31-25(15-33)20(3)19(2)21(4)36-31)40-30(35)26(16-34)28(29)23-12-9-13-24(14-23)39-17-22-10-7-6-8-11-22/h6-14,28H,5,17-18,35H2,1-4H3. The van der Waals surface area contributed by atoms with Crippen LogP contribution in [-0.2, 0) is 20.9 Å². The number of nitriles is 2. The molecule has 1 unspecified atom stereocenters. The minimum atomic E-state index is -0.839. The number of aryl methyl sites for hydroxylation is 1. The monoisotopic (exact) mass is 566 g/mol. The Labute approximate surface area is 244 Å². The summed E-state index contributed by atoms with van der Waals surface area (Å²) in [5.41, 5.74) is 11.2. The zero-order valence-electron chi connectivity index (χ0n) is 23.4. The van der Waals surface area contributed by atoms with E-state index in [4.69, 9.17) is 19.9 Å². The number of ether oxygens (including phenoxy) is 3. The van der Waals surface area contributed by atoms with Crippen molar-refractivity contribution in [3.63, 3.8) is 0 Å². The van der Waals surface area contributed by atoms with Gasteiger partial charge >= 0.3 is 5.97 Å². The molecule has 1 aromatic heterocycles. The van der Waals surface area contributed by atoms with Crippen molar-refractivity contribution in [2.75, 3.05) is 12.4 Å². The lowest BCUT2D eigenvalue weighted by molar-refractivity contribution is -0.139. The Morgan fingerprint density at radius 1 is 1.07 bits per heavy atom. The summed E-state index contributed by atoms with van der Waals surface area (Å²) in [5.74, 6) is -0.602. The second-order valence-electron chi connectivity index (χ2n) is 9.36. The summed E-state index contributed by atoms with van der Waals surface area (Å²) in [4.78, 5) is 18.0. The zero-order chi connectivity index (χ0) is 29.5. The number of benzene rings is 2. The number of nitrogens with zero attached hydrogens (tertiary/aromatic N) is 3. The van der Waals surface area contributed by atoms with Gasteiger partial charge in [0.05, 0.1) is 29.4 Å². The van der Waals surface area contributed by atoms with Gasteiger partial charge in [-0.05, 0) is 62.1 Å². The number of carbonyl (C=O) groups is 1. The van der Waals surface area contributed by atoms with E-state index in [0.717, 1.165) is 22.4 Å². The maximum absolute atomic E-state index is 13.4. The highest BCUT2D eigenvalue weighted by molar-refractivity contribution is 7.99. The highest BCUT2D eigenvalue weighted by Gasteiger charge is 2.38. The minimum Gasteiger partial charge on any atom is -0.489 e. The average Bonchev–Trinajstić information content (AvgIpc) is 2.98. The molecule has 8 nitrogen and oxygen atoms in total. The summed E-state index contributed by atoms with van der Waals surface area (Å²) in [5, 5.41) is 20.4. The predicted molar refractivity (Wildman–Crippen MR) is 155 cm³/mol. The molecular weight excluding hydrogens is 536 g/mol. The Hall–Kier alpha value is -4.73. The third-order valence-corrected chi connectivity index (χ3v) is 7.82. The number of aromatic nitrogens is 1. The highest BCUT2D eigenvalue weighted by atomic mass is 32.2. The lowest BCUT2D eigenvalue weighted by atomic mass is 9.83. The molecule has 2 aromatic carbocycles. The smallest absolute Gasteiger partial charge is 0.338 e. The van der Waals surface area contributed by atoms with E-state index >= 15 is 0 Å². The Bertz CT molecular complexity index is 1620. The molecule has 2 heterocycles. The molecule has 4 rings (SSSR count). The topological polar surface area (TPSA) is 131 Å². The van der Waals surface area contributed by atoms with E-state index in [1.54, 1.807) is 19.1 Å². The molecule has 0 spiro atoms. The van der Waals surface area contributed by atoms with Crippen molar-refractivity contribution < 1.29 is 19.0 Å². The van der Waals surface area contributed by atoms with Crippen LogP contribution in [0.15, 0.2) is 82.4 Å². The molecule has 0 fully saturated rings. The van der Waals surface area contributed by atoms with Crippen LogP contribution in [0, 0.1) is 43.4 Å². The Balaban J connectivity index is 1.75. The van der Waals surface area contributed by atoms with Gasteiger partial charge in [-0.1, -0.05) is 54.2 Å². The number of carbonyl (C=O) groups excluding carboxylic acids is 1. The van der Waals surface area contributed by atoms with E-state index in [0.29, 0.717) is 28.5 Å². The predicted octanol–water partition coefficient (Wildman–Crippen LogP) is 5.87. The van der Waals surface area contributed by atoms with E-state index in [2.05, 4.69) is 17.1 Å². The Morgan fingerprint density at radius 2 is 1.83 bits per heavy atom. The molecule has 2 N–H and O–H groups in total. The van der Waals surface area contributed by atoms with Gasteiger partial charge in [0.2, 0.25) is 5.88 Å². The van der Waals surface area contributed by atoms with Crippen LogP contribution in [0.25, 0.3) is 0 Å². The molecule has 1 aliphatic rings. The van der Waals surface area contributed by atoms with Crippen molar-refractivity contribution in [1.29, 1.82) is 10.5 Å². The van der Waals surface area contributed by atoms with Crippen molar-refractivity contribution in [3.05, 3.63) is 111 Å². The third-order valence-electron chi connectivity index (χ3n) is 6.85. The molecule has 208 valence electrons. The van der Waals surface area contributed by atoms with Gasteiger partial charge in [-0.15, -0.1) is 0 Å². The lowest BCUT2D eigenvalue weighted by Gasteiger charge is -2.28. The number of allylic oxidation sites excluding steroid dienone is 1. The van der Waals surface area contributed by atoms with Crippen LogP contribution in [0.3, 0.4) is 0 Å². The van der Waals surface area contributed by atoms with E-state index in [-0.39, 0.29) is 35.1 Å². The normalized spacial score (nSPS) is 14.6. The minimum absolute atomic E-state index is 0.0958. The summed E-state index contributed by atoms with van der Waals surface area (Å²) < 4.78 is 17.3. The first-order valence-corrected chi connectivity index (χ1v) is 14.0. The fourth-order valence-electron chi connectivity index (χ4n) is 4.50. The van der Waals surface area contributed by atoms with Crippen molar-refractivity contribution in [1.82, 2.24) is 4.98 Å².